The van der Waals surface area contributed by atoms with Gasteiger partial charge in [-0.15, -0.1) is 0 Å². The molecule has 0 aliphatic heterocycles. The van der Waals surface area contributed by atoms with Crippen molar-refractivity contribution < 1.29 is 5.71 Å². The van der Waals surface area contributed by atoms with E-state index in [0.717, 1.165) is 4.47 Å². The predicted octanol–water partition coefficient (Wildman–Crippen LogP) is 2.14. The number of hydrogen-bond acceptors (Lipinski definition) is 0. The molecule has 0 saturated heterocycles. The molecule has 1 aromatic carbocycles. The molecule has 0 saturated carbocycles. The molecule has 0 radical (unpaired) electrons. The van der Waals surface area contributed by atoms with E-state index >= 15 is 0 Å². The summed E-state index contributed by atoms with van der Waals surface area (Å²) < 4.78 is 1.13. The summed E-state index contributed by atoms with van der Waals surface area (Å²) in [6.07, 6.45) is 0. The zero-order chi connectivity index (χ0) is 5.11. The standard InChI is InChI=1S/C6H5Br.2Mg.4H/c7-6-4-2-1-3-5-6;;;;;;/h1-5H;;;;;;/q;2*+2;4*-1. The molecule has 0 amide bonds. The zero-order valence-corrected chi connectivity index (χ0v) is 9.59. The van der Waals surface area contributed by atoms with Crippen LogP contribution in [0.4, 0.5) is 0 Å². The Morgan fingerprint density at radius 2 is 1.44 bits per heavy atom. The van der Waals surface area contributed by atoms with Crippen LogP contribution >= 0.6 is 15.9 Å². The van der Waals surface area contributed by atoms with Crippen molar-refractivity contribution >= 4 is 62.0 Å². The summed E-state index contributed by atoms with van der Waals surface area (Å²) in [5.74, 6) is 0. The second-order valence-electron chi connectivity index (χ2n) is 1.30. The normalized spacial score (nSPS) is 6.78. The van der Waals surface area contributed by atoms with Crippen LogP contribution in [0.5, 0.6) is 0 Å². The zero-order valence-electron chi connectivity index (χ0n) is 9.18. The Kier molecular flexibility index (Phi) is 10.5. The third-order valence-electron chi connectivity index (χ3n) is 0.733. The molecular weight excluding hydrogens is 201 g/mol. The van der Waals surface area contributed by atoms with Gasteiger partial charge in [0.2, 0.25) is 0 Å². The van der Waals surface area contributed by atoms with Crippen molar-refractivity contribution in [2.45, 2.75) is 0 Å². The number of hydrogen-bond donors (Lipinski definition) is 0. The fourth-order valence-electron chi connectivity index (χ4n) is 0.415. The average Bonchev–Trinajstić information content (AvgIpc) is 1.69. The molecule has 0 bridgehead atoms. The predicted molar refractivity (Wildman–Crippen MR) is 50.1 cm³/mol. The Bertz CT molecular complexity index is 153. The van der Waals surface area contributed by atoms with E-state index in [9.17, 15) is 0 Å². The van der Waals surface area contributed by atoms with Crippen LogP contribution in [0.15, 0.2) is 34.8 Å². The molecule has 1 aromatic rings. The first-order chi connectivity index (χ1) is 3.39. The molecule has 0 nitrogen and oxygen atoms in total. The molecule has 0 fully saturated rings. The minimum absolute atomic E-state index is 0. The maximum absolute atomic E-state index is 3.31. The number of rotatable bonds is 0. The second kappa shape index (κ2) is 7.34. The maximum Gasteiger partial charge on any atom is 2.00 e. The molecule has 0 unspecified atom stereocenters. The van der Waals surface area contributed by atoms with E-state index in [2.05, 4.69) is 15.9 Å². The van der Waals surface area contributed by atoms with Crippen molar-refractivity contribution in [2.75, 3.05) is 0 Å². The molecular formula is C6H9BrMg2. The molecule has 0 aliphatic rings. The van der Waals surface area contributed by atoms with Gasteiger partial charge in [-0.2, -0.15) is 0 Å². The van der Waals surface area contributed by atoms with Crippen LogP contribution in [0.3, 0.4) is 0 Å². The van der Waals surface area contributed by atoms with Crippen molar-refractivity contribution in [3.05, 3.63) is 34.8 Å². The van der Waals surface area contributed by atoms with Gasteiger partial charge in [0.25, 0.3) is 0 Å². The fraction of sp³-hybridized carbons (Fsp3) is 0. The van der Waals surface area contributed by atoms with E-state index in [0.29, 0.717) is 0 Å². The topological polar surface area (TPSA) is 0 Å². The molecule has 1 rings (SSSR count). The van der Waals surface area contributed by atoms with Crippen molar-refractivity contribution in [1.29, 1.82) is 0 Å². The third-order valence-corrected chi connectivity index (χ3v) is 1.26. The molecule has 0 N–H and O–H groups in total. The summed E-state index contributed by atoms with van der Waals surface area (Å²) in [6, 6.07) is 9.97. The summed E-state index contributed by atoms with van der Waals surface area (Å²) in [5, 5.41) is 0. The summed E-state index contributed by atoms with van der Waals surface area (Å²) in [4.78, 5) is 0. The fourth-order valence-corrected chi connectivity index (χ4v) is 0.720. The molecule has 0 atom stereocenters. The van der Waals surface area contributed by atoms with Gasteiger partial charge in [0.15, 0.2) is 0 Å². The molecule has 44 valence electrons. The quantitative estimate of drug-likeness (QED) is 0.575. The summed E-state index contributed by atoms with van der Waals surface area (Å²) >= 11 is 3.31. The van der Waals surface area contributed by atoms with Crippen molar-refractivity contribution in [1.82, 2.24) is 0 Å². The SMILES string of the molecule is Brc1ccccc1.[H-].[H-].[H-].[H-].[Mg+2].[Mg+2]. The largest absolute Gasteiger partial charge is 2.00 e. The number of benzene rings is 1. The van der Waals surface area contributed by atoms with E-state index < -0.39 is 0 Å². The van der Waals surface area contributed by atoms with Gasteiger partial charge in [0.1, 0.15) is 0 Å². The summed E-state index contributed by atoms with van der Waals surface area (Å²) in [6.45, 7) is 0. The van der Waals surface area contributed by atoms with E-state index in [-0.39, 0.29) is 51.8 Å². The molecule has 0 spiro atoms. The van der Waals surface area contributed by atoms with Gasteiger partial charge in [-0.25, -0.2) is 0 Å². The minimum Gasteiger partial charge on any atom is -1.00 e. The number of halogens is 1. The van der Waals surface area contributed by atoms with E-state index in [1.165, 1.54) is 0 Å². The van der Waals surface area contributed by atoms with E-state index in [4.69, 9.17) is 0 Å². The smallest absolute Gasteiger partial charge is 1.00 e. The maximum atomic E-state index is 3.31. The van der Waals surface area contributed by atoms with Gasteiger partial charge in [0.05, 0.1) is 0 Å². The Morgan fingerprint density at radius 3 is 1.67 bits per heavy atom. The van der Waals surface area contributed by atoms with Crippen LogP contribution in [0.2, 0.25) is 0 Å². The van der Waals surface area contributed by atoms with Crippen molar-refractivity contribution in [2.24, 2.45) is 0 Å². The Morgan fingerprint density at radius 1 is 1.00 bits per heavy atom. The molecule has 3 heteroatoms. The van der Waals surface area contributed by atoms with Crippen LogP contribution in [0, 0.1) is 0 Å². The van der Waals surface area contributed by atoms with E-state index in [1.54, 1.807) is 0 Å². The van der Waals surface area contributed by atoms with Crippen LogP contribution in [0.1, 0.15) is 5.71 Å². The monoisotopic (exact) mass is 208 g/mol. The average molecular weight is 210 g/mol. The van der Waals surface area contributed by atoms with Crippen LogP contribution < -0.4 is 0 Å². The van der Waals surface area contributed by atoms with Crippen LogP contribution in [-0.4, -0.2) is 46.1 Å². The van der Waals surface area contributed by atoms with Crippen LogP contribution in [-0.2, 0) is 0 Å². The molecule has 0 aromatic heterocycles. The first-order valence-electron chi connectivity index (χ1n) is 2.10. The van der Waals surface area contributed by atoms with Gasteiger partial charge >= 0.3 is 46.1 Å². The molecule has 0 heterocycles. The third kappa shape index (κ3) is 5.67. The van der Waals surface area contributed by atoms with Gasteiger partial charge in [0, 0.05) is 4.47 Å². The Hall–Kier alpha value is 1.23. The Labute approximate surface area is 102 Å². The first-order valence-corrected chi connectivity index (χ1v) is 2.89. The van der Waals surface area contributed by atoms with Gasteiger partial charge < -0.3 is 5.71 Å². The summed E-state index contributed by atoms with van der Waals surface area (Å²) in [7, 11) is 0. The van der Waals surface area contributed by atoms with Crippen molar-refractivity contribution in [3.63, 3.8) is 0 Å². The summed E-state index contributed by atoms with van der Waals surface area (Å²) in [5.41, 5.74) is 0. The second-order valence-corrected chi connectivity index (χ2v) is 2.21. The van der Waals surface area contributed by atoms with Crippen molar-refractivity contribution in [3.8, 4) is 0 Å². The first kappa shape index (κ1) is 12.9. The Balaban J connectivity index is -0.0000000204. The van der Waals surface area contributed by atoms with Gasteiger partial charge in [-0.3, -0.25) is 0 Å². The van der Waals surface area contributed by atoms with Crippen LogP contribution in [0.25, 0.3) is 0 Å². The minimum atomic E-state index is 0. The van der Waals surface area contributed by atoms with Gasteiger partial charge in [-0.05, 0) is 12.1 Å². The van der Waals surface area contributed by atoms with E-state index in [1.807, 2.05) is 30.3 Å². The molecule has 9 heavy (non-hydrogen) atoms. The van der Waals surface area contributed by atoms with Gasteiger partial charge in [-0.1, -0.05) is 34.1 Å². The molecule has 0 aliphatic carbocycles.